The van der Waals surface area contributed by atoms with Gasteiger partial charge in [-0.3, -0.25) is 4.79 Å². The number of nitrogens with one attached hydrogen (secondary N) is 1. The van der Waals surface area contributed by atoms with Crippen molar-refractivity contribution in [2.45, 2.75) is 97.9 Å². The summed E-state index contributed by atoms with van der Waals surface area (Å²) in [4.78, 5) is 14.3. The van der Waals surface area contributed by atoms with Crippen LogP contribution >= 0.6 is 0 Å². The predicted molar refractivity (Wildman–Crippen MR) is 129 cm³/mol. The Morgan fingerprint density at radius 2 is 1.85 bits per heavy atom. The minimum atomic E-state index is -0.114. The molecule has 4 aliphatic rings. The first-order valence-corrected chi connectivity index (χ1v) is 13.3. The number of aromatic nitrogens is 1. The lowest BCUT2D eigenvalue weighted by Gasteiger charge is -2.65. The summed E-state index contributed by atoms with van der Waals surface area (Å²) in [6.45, 7) is 11.4. The van der Waals surface area contributed by atoms with Crippen molar-refractivity contribution in [2.24, 2.45) is 34.0 Å². The molecule has 5 heteroatoms. The first-order valence-electron chi connectivity index (χ1n) is 13.3. The van der Waals surface area contributed by atoms with Crippen molar-refractivity contribution < 1.29 is 14.2 Å². The number of aromatic amines is 1. The van der Waals surface area contributed by atoms with Crippen LogP contribution in [0.3, 0.4) is 0 Å². The lowest BCUT2D eigenvalue weighted by molar-refractivity contribution is -0.322. The summed E-state index contributed by atoms with van der Waals surface area (Å²) < 4.78 is 19.3. The van der Waals surface area contributed by atoms with Crippen LogP contribution in [0.15, 0.2) is 23.1 Å². The van der Waals surface area contributed by atoms with Crippen molar-refractivity contribution in [3.63, 3.8) is 0 Å². The number of pyridine rings is 1. The van der Waals surface area contributed by atoms with Crippen LogP contribution in [0.4, 0.5) is 0 Å². The zero-order chi connectivity index (χ0) is 23.3. The molecule has 1 aromatic heterocycles. The summed E-state index contributed by atoms with van der Waals surface area (Å²) in [5.41, 5.74) is 0.494. The van der Waals surface area contributed by atoms with Gasteiger partial charge in [-0.25, -0.2) is 0 Å². The van der Waals surface area contributed by atoms with E-state index in [4.69, 9.17) is 14.2 Å². The molecule has 2 heterocycles. The molecule has 3 saturated carbocycles. The highest BCUT2D eigenvalue weighted by atomic mass is 16.7. The molecule has 0 bridgehead atoms. The minimum absolute atomic E-state index is 0.0215. The third kappa shape index (κ3) is 4.18. The second-order valence-electron chi connectivity index (χ2n) is 12.6. The van der Waals surface area contributed by atoms with E-state index in [1.165, 1.54) is 44.9 Å². The number of ether oxygens (including phenoxy) is 3. The van der Waals surface area contributed by atoms with E-state index in [-0.39, 0.29) is 28.1 Å². The minimum Gasteiger partial charge on any atom is -0.493 e. The average molecular weight is 458 g/mol. The van der Waals surface area contributed by atoms with Crippen LogP contribution in [0.5, 0.6) is 5.75 Å². The van der Waals surface area contributed by atoms with E-state index in [9.17, 15) is 4.79 Å². The highest BCUT2D eigenvalue weighted by Crippen LogP contribution is 2.66. The van der Waals surface area contributed by atoms with E-state index in [1.54, 1.807) is 12.3 Å². The molecule has 0 spiro atoms. The van der Waals surface area contributed by atoms with Crippen LogP contribution in [-0.2, 0) is 9.47 Å². The Balaban J connectivity index is 1.31. The van der Waals surface area contributed by atoms with Crippen LogP contribution < -0.4 is 10.3 Å². The molecule has 4 fully saturated rings. The van der Waals surface area contributed by atoms with Gasteiger partial charge in [-0.1, -0.05) is 40.5 Å². The molecule has 0 amide bonds. The maximum Gasteiger partial charge on any atom is 0.251 e. The van der Waals surface area contributed by atoms with Crippen LogP contribution in [0.25, 0.3) is 0 Å². The van der Waals surface area contributed by atoms with Crippen molar-refractivity contribution in [2.75, 3.05) is 13.2 Å². The first-order chi connectivity index (χ1) is 15.7. The van der Waals surface area contributed by atoms with Crippen LogP contribution in [0, 0.1) is 34.0 Å². The highest BCUT2D eigenvalue weighted by Gasteiger charge is 2.62. The lowest BCUT2D eigenvalue weighted by atomic mass is 9.42. The molecule has 0 radical (unpaired) electrons. The van der Waals surface area contributed by atoms with Gasteiger partial charge in [-0.05, 0) is 73.7 Å². The van der Waals surface area contributed by atoms with Crippen molar-refractivity contribution in [1.29, 1.82) is 0 Å². The standard InChI is InChI=1S/C28H43NO4/c1-26(2)13-9-22-27(3,21(26)12-16-31-20-11-15-29-24(30)17-20)14-10-23-28(22,4)18-32-25(33-23)19-7-5-6-8-19/h11,15,17,19,21-23,25H,5-10,12-14,16,18H2,1-4H3,(H,29,30)/t21-,22?,23-,25-,27+,28+/m1/s1. The summed E-state index contributed by atoms with van der Waals surface area (Å²) in [5, 5.41) is 0. The summed E-state index contributed by atoms with van der Waals surface area (Å²) in [6.07, 6.45) is 13.0. The van der Waals surface area contributed by atoms with Gasteiger partial charge in [0.1, 0.15) is 5.75 Å². The molecule has 6 atom stereocenters. The van der Waals surface area contributed by atoms with Gasteiger partial charge in [0, 0.05) is 23.6 Å². The number of hydrogen-bond acceptors (Lipinski definition) is 4. The summed E-state index contributed by atoms with van der Waals surface area (Å²) in [7, 11) is 0. The number of H-pyrrole nitrogens is 1. The third-order valence-electron chi connectivity index (χ3n) is 10.2. The quantitative estimate of drug-likeness (QED) is 0.595. The second kappa shape index (κ2) is 8.71. The summed E-state index contributed by atoms with van der Waals surface area (Å²) >= 11 is 0. The van der Waals surface area contributed by atoms with E-state index in [2.05, 4.69) is 32.7 Å². The Morgan fingerprint density at radius 3 is 2.61 bits per heavy atom. The van der Waals surface area contributed by atoms with Gasteiger partial charge in [0.2, 0.25) is 0 Å². The normalized spacial score (nSPS) is 40.7. The topological polar surface area (TPSA) is 60.6 Å². The molecule has 1 saturated heterocycles. The first kappa shape index (κ1) is 23.4. The fourth-order valence-corrected chi connectivity index (χ4v) is 8.47. The fraction of sp³-hybridized carbons (Fsp3) is 0.821. The van der Waals surface area contributed by atoms with E-state index in [1.807, 2.05) is 6.07 Å². The largest absolute Gasteiger partial charge is 0.493 e. The van der Waals surface area contributed by atoms with Gasteiger partial charge in [-0.2, -0.15) is 0 Å². The monoisotopic (exact) mass is 457 g/mol. The average Bonchev–Trinajstić information content (AvgIpc) is 3.30. The van der Waals surface area contributed by atoms with E-state index >= 15 is 0 Å². The molecule has 0 aromatic carbocycles. The zero-order valence-electron chi connectivity index (χ0n) is 21.0. The molecule has 1 unspecified atom stereocenters. The molecule has 1 N–H and O–H groups in total. The molecule has 5 rings (SSSR count). The maximum atomic E-state index is 11.6. The van der Waals surface area contributed by atoms with Crippen LogP contribution in [-0.4, -0.2) is 30.6 Å². The van der Waals surface area contributed by atoms with Gasteiger partial charge in [0.15, 0.2) is 6.29 Å². The molecule has 33 heavy (non-hydrogen) atoms. The van der Waals surface area contributed by atoms with Crippen molar-refractivity contribution in [3.05, 3.63) is 28.7 Å². The van der Waals surface area contributed by atoms with E-state index < -0.39 is 0 Å². The molecule has 184 valence electrons. The summed E-state index contributed by atoms with van der Waals surface area (Å²) in [6, 6.07) is 3.38. The third-order valence-corrected chi connectivity index (χ3v) is 10.2. The van der Waals surface area contributed by atoms with Gasteiger partial charge in [0.05, 0.1) is 19.3 Å². The van der Waals surface area contributed by atoms with Crippen molar-refractivity contribution in [3.8, 4) is 5.75 Å². The number of hydrogen-bond donors (Lipinski definition) is 1. The summed E-state index contributed by atoms with van der Waals surface area (Å²) in [5.74, 6) is 2.43. The van der Waals surface area contributed by atoms with Gasteiger partial charge in [0.25, 0.3) is 5.56 Å². The Hall–Kier alpha value is -1.33. The molecule has 5 nitrogen and oxygen atoms in total. The lowest BCUT2D eigenvalue weighted by Crippen LogP contribution is -2.63. The van der Waals surface area contributed by atoms with Crippen LogP contribution in [0.1, 0.15) is 85.5 Å². The SMILES string of the molecule is CC1(C)CCC2[C@]3(C)CO[C@@H](C4CCCC4)O[C@@H]3CC[C@@]2(C)[C@@H]1CCOc1cc[nH]c(=O)c1. The smallest absolute Gasteiger partial charge is 0.251 e. The zero-order valence-corrected chi connectivity index (χ0v) is 21.0. The van der Waals surface area contributed by atoms with Crippen molar-refractivity contribution in [1.82, 2.24) is 4.98 Å². The fourth-order valence-electron chi connectivity index (χ4n) is 8.47. The molecular weight excluding hydrogens is 414 g/mol. The van der Waals surface area contributed by atoms with E-state index in [0.717, 1.165) is 19.4 Å². The Bertz CT molecular complexity index is 890. The molecule has 3 aliphatic carbocycles. The van der Waals surface area contributed by atoms with Gasteiger partial charge >= 0.3 is 0 Å². The molecular formula is C28H43NO4. The Labute approximate surface area is 199 Å². The Morgan fingerprint density at radius 1 is 1.06 bits per heavy atom. The van der Waals surface area contributed by atoms with Gasteiger partial charge in [-0.15, -0.1) is 0 Å². The Kier molecular flexibility index (Phi) is 6.18. The number of fused-ring (bicyclic) bond motifs is 3. The predicted octanol–water partition coefficient (Wildman–Crippen LogP) is 5.93. The highest BCUT2D eigenvalue weighted by molar-refractivity contribution is 5.17. The maximum absolute atomic E-state index is 11.6. The molecule has 1 aromatic rings. The number of rotatable bonds is 5. The van der Waals surface area contributed by atoms with Gasteiger partial charge < -0.3 is 19.2 Å². The van der Waals surface area contributed by atoms with Crippen LogP contribution in [0.2, 0.25) is 0 Å². The van der Waals surface area contributed by atoms with Crippen molar-refractivity contribution >= 4 is 0 Å². The second-order valence-corrected chi connectivity index (χ2v) is 12.6. The molecule has 1 aliphatic heterocycles. The van der Waals surface area contributed by atoms with E-state index in [0.29, 0.717) is 36.2 Å².